The van der Waals surface area contributed by atoms with Crippen molar-refractivity contribution in [3.63, 3.8) is 0 Å². The second kappa shape index (κ2) is 7.76. The largest absolute Gasteiger partial charge is 0.480 e. The Kier molecular flexibility index (Phi) is 6.67. The Hall–Kier alpha value is -0.730. The molecule has 5 unspecified atom stereocenters. The van der Waals surface area contributed by atoms with Crippen molar-refractivity contribution in [1.29, 1.82) is 0 Å². The van der Waals surface area contributed by atoms with Crippen LogP contribution in [-0.4, -0.2) is 73.6 Å². The molecule has 1 saturated carbocycles. The molecule has 1 aliphatic carbocycles. The van der Waals surface area contributed by atoms with Gasteiger partial charge in [0.25, 0.3) is 0 Å². The van der Waals surface area contributed by atoms with Crippen LogP contribution in [0, 0.1) is 11.8 Å². The second-order valence-electron chi connectivity index (χ2n) is 4.79. The molecule has 0 aliphatic heterocycles. The summed E-state index contributed by atoms with van der Waals surface area (Å²) in [4.78, 5) is 10.6. The zero-order chi connectivity index (χ0) is 14.4. The molecule has 0 saturated heterocycles. The fourth-order valence-corrected chi connectivity index (χ4v) is 2.51. The smallest absolute Gasteiger partial charge is 0.329 e. The predicted molar refractivity (Wildman–Crippen MR) is 64.7 cm³/mol. The summed E-state index contributed by atoms with van der Waals surface area (Å²) in [5.74, 6) is -1.81. The van der Waals surface area contributed by atoms with Gasteiger partial charge in [0.05, 0.1) is 31.5 Å². The van der Waals surface area contributed by atoms with E-state index in [-0.39, 0.29) is 19.1 Å². The third kappa shape index (κ3) is 4.39. The number of aliphatic hydroxyl groups is 2. The van der Waals surface area contributed by atoms with Crippen LogP contribution in [0.4, 0.5) is 0 Å². The summed E-state index contributed by atoms with van der Waals surface area (Å²) in [6.45, 7) is 0.0421. The maximum atomic E-state index is 10.6. The van der Waals surface area contributed by atoms with Crippen LogP contribution in [0.3, 0.4) is 0 Å². The number of ether oxygens (including phenoxy) is 3. The van der Waals surface area contributed by atoms with Crippen molar-refractivity contribution in [3.05, 3.63) is 0 Å². The summed E-state index contributed by atoms with van der Waals surface area (Å²) in [6, 6.07) is 0. The van der Waals surface area contributed by atoms with Crippen LogP contribution < -0.4 is 0 Å². The quantitative estimate of drug-likeness (QED) is 0.554. The highest BCUT2D eigenvalue weighted by molar-refractivity contribution is 5.68. The maximum Gasteiger partial charge on any atom is 0.329 e. The first-order chi connectivity index (χ1) is 9.01. The average molecular weight is 278 g/mol. The third-order valence-corrected chi connectivity index (χ3v) is 3.44. The minimum Gasteiger partial charge on any atom is -0.480 e. The van der Waals surface area contributed by atoms with Gasteiger partial charge in [-0.15, -0.1) is 0 Å². The standard InChI is InChI=1S/C12H22O7/c1-17-4-7-3-9(19-6-10(13)14)8(5-18-2)12(16)11(7)15/h7-9,11-12,15-16H,3-6H2,1-2H3,(H,13,14). The van der Waals surface area contributed by atoms with Crippen LogP contribution >= 0.6 is 0 Å². The molecule has 0 spiro atoms. The van der Waals surface area contributed by atoms with Crippen LogP contribution in [0.2, 0.25) is 0 Å². The fraction of sp³-hybridized carbons (Fsp3) is 0.917. The number of hydrogen-bond donors (Lipinski definition) is 3. The van der Waals surface area contributed by atoms with Crippen molar-refractivity contribution in [2.24, 2.45) is 11.8 Å². The number of rotatable bonds is 7. The zero-order valence-electron chi connectivity index (χ0n) is 11.2. The highest BCUT2D eigenvalue weighted by Gasteiger charge is 2.44. The van der Waals surface area contributed by atoms with Crippen molar-refractivity contribution < 1.29 is 34.3 Å². The molecule has 0 amide bonds. The number of carboxylic acids is 1. The van der Waals surface area contributed by atoms with E-state index in [1.165, 1.54) is 14.2 Å². The number of methoxy groups -OCH3 is 2. The Bertz CT molecular complexity index is 283. The first-order valence-corrected chi connectivity index (χ1v) is 6.18. The normalized spacial score (nSPS) is 35.3. The van der Waals surface area contributed by atoms with Crippen LogP contribution in [0.15, 0.2) is 0 Å². The lowest BCUT2D eigenvalue weighted by Crippen LogP contribution is -2.53. The van der Waals surface area contributed by atoms with E-state index in [4.69, 9.17) is 19.3 Å². The summed E-state index contributed by atoms with van der Waals surface area (Å²) >= 11 is 0. The van der Waals surface area contributed by atoms with E-state index < -0.39 is 36.8 Å². The van der Waals surface area contributed by atoms with Gasteiger partial charge in [0.15, 0.2) is 0 Å². The minimum absolute atomic E-state index is 0.197. The predicted octanol–water partition coefficient (Wildman–Crippen LogP) is -0.893. The second-order valence-corrected chi connectivity index (χ2v) is 4.79. The number of carboxylic acid groups (broad SMARTS) is 1. The van der Waals surface area contributed by atoms with E-state index in [9.17, 15) is 15.0 Å². The molecule has 112 valence electrons. The van der Waals surface area contributed by atoms with Gasteiger partial charge in [0.2, 0.25) is 0 Å². The van der Waals surface area contributed by atoms with E-state index in [0.717, 1.165) is 0 Å². The van der Waals surface area contributed by atoms with Gasteiger partial charge in [0.1, 0.15) is 6.61 Å². The van der Waals surface area contributed by atoms with E-state index in [1.807, 2.05) is 0 Å². The van der Waals surface area contributed by atoms with E-state index in [2.05, 4.69) is 0 Å². The first-order valence-electron chi connectivity index (χ1n) is 6.18. The molecule has 19 heavy (non-hydrogen) atoms. The molecule has 1 rings (SSSR count). The Morgan fingerprint density at radius 1 is 1.16 bits per heavy atom. The molecule has 5 atom stereocenters. The van der Waals surface area contributed by atoms with Crippen molar-refractivity contribution in [1.82, 2.24) is 0 Å². The summed E-state index contributed by atoms with van der Waals surface area (Å²) in [6.07, 6.45) is -2.00. The lowest BCUT2D eigenvalue weighted by atomic mass is 9.76. The Morgan fingerprint density at radius 3 is 2.32 bits per heavy atom. The lowest BCUT2D eigenvalue weighted by molar-refractivity contribution is -0.172. The average Bonchev–Trinajstić information content (AvgIpc) is 2.37. The Balaban J connectivity index is 2.72. The Labute approximate surface area is 112 Å². The molecule has 0 bridgehead atoms. The summed E-state index contributed by atoms with van der Waals surface area (Å²) in [5.41, 5.74) is 0. The monoisotopic (exact) mass is 278 g/mol. The molecule has 1 aliphatic rings. The highest BCUT2D eigenvalue weighted by atomic mass is 16.5. The van der Waals surface area contributed by atoms with Crippen LogP contribution in [0.1, 0.15) is 6.42 Å². The molecule has 3 N–H and O–H groups in total. The van der Waals surface area contributed by atoms with Crippen molar-refractivity contribution in [2.75, 3.05) is 34.0 Å². The molecule has 7 heteroatoms. The van der Waals surface area contributed by atoms with Gasteiger partial charge in [-0.05, 0) is 6.42 Å². The highest BCUT2D eigenvalue weighted by Crippen LogP contribution is 2.32. The number of carbonyl (C=O) groups is 1. The van der Waals surface area contributed by atoms with Crippen LogP contribution in [0.5, 0.6) is 0 Å². The van der Waals surface area contributed by atoms with Crippen molar-refractivity contribution in [3.8, 4) is 0 Å². The molecule has 1 fully saturated rings. The lowest BCUT2D eigenvalue weighted by Gasteiger charge is -2.42. The summed E-state index contributed by atoms with van der Waals surface area (Å²) in [7, 11) is 2.99. The van der Waals surface area contributed by atoms with Gasteiger partial charge >= 0.3 is 5.97 Å². The van der Waals surface area contributed by atoms with Gasteiger partial charge < -0.3 is 29.5 Å². The van der Waals surface area contributed by atoms with Gasteiger partial charge in [-0.2, -0.15) is 0 Å². The molecule has 0 heterocycles. The molecule has 0 aromatic heterocycles. The molecule has 0 aromatic rings. The van der Waals surface area contributed by atoms with E-state index in [0.29, 0.717) is 6.42 Å². The zero-order valence-corrected chi connectivity index (χ0v) is 11.2. The Morgan fingerprint density at radius 2 is 1.79 bits per heavy atom. The van der Waals surface area contributed by atoms with Gasteiger partial charge in [0, 0.05) is 26.1 Å². The van der Waals surface area contributed by atoms with Crippen LogP contribution in [0.25, 0.3) is 0 Å². The van der Waals surface area contributed by atoms with E-state index >= 15 is 0 Å². The topological polar surface area (TPSA) is 105 Å². The molecule has 0 radical (unpaired) electrons. The molecule has 7 nitrogen and oxygen atoms in total. The van der Waals surface area contributed by atoms with Gasteiger partial charge in [-0.1, -0.05) is 0 Å². The maximum absolute atomic E-state index is 10.6. The SMILES string of the molecule is COCC1CC(OCC(=O)O)C(COC)C(O)C1O. The molecule has 0 aromatic carbocycles. The third-order valence-electron chi connectivity index (χ3n) is 3.44. The number of hydrogen-bond acceptors (Lipinski definition) is 6. The van der Waals surface area contributed by atoms with E-state index in [1.54, 1.807) is 0 Å². The summed E-state index contributed by atoms with van der Waals surface area (Å²) < 4.78 is 15.3. The number of aliphatic carboxylic acids is 1. The van der Waals surface area contributed by atoms with Gasteiger partial charge in [-0.25, -0.2) is 4.79 Å². The van der Waals surface area contributed by atoms with Crippen molar-refractivity contribution >= 4 is 5.97 Å². The van der Waals surface area contributed by atoms with Crippen molar-refractivity contribution in [2.45, 2.75) is 24.7 Å². The molecular formula is C12H22O7. The minimum atomic E-state index is -1.07. The first kappa shape index (κ1) is 16.3. The summed E-state index contributed by atoms with van der Waals surface area (Å²) in [5, 5.41) is 28.7. The fourth-order valence-electron chi connectivity index (χ4n) is 2.51. The molecular weight excluding hydrogens is 256 g/mol. The van der Waals surface area contributed by atoms with Crippen LogP contribution in [-0.2, 0) is 19.0 Å². The van der Waals surface area contributed by atoms with Gasteiger partial charge in [-0.3, -0.25) is 0 Å². The number of aliphatic hydroxyl groups excluding tert-OH is 2.